The van der Waals surface area contributed by atoms with Crippen LogP contribution in [-0.2, 0) is 6.54 Å². The molecule has 1 heterocycles. The van der Waals surface area contributed by atoms with Crippen LogP contribution < -0.4 is 4.74 Å². The first-order valence-electron chi connectivity index (χ1n) is 7.61. The lowest BCUT2D eigenvalue weighted by Gasteiger charge is -2.19. The van der Waals surface area contributed by atoms with Crippen molar-refractivity contribution in [1.29, 1.82) is 0 Å². The fourth-order valence-corrected chi connectivity index (χ4v) is 3.35. The quantitative estimate of drug-likeness (QED) is 0.852. The summed E-state index contributed by atoms with van der Waals surface area (Å²) in [4.78, 5) is 6.85. The van der Waals surface area contributed by atoms with E-state index in [9.17, 15) is 5.11 Å². The number of likely N-dealkylation sites (N-methyl/N-ethyl adjacent to an activating group) is 1. The number of hydrogen-bond acceptors (Lipinski definition) is 5. The van der Waals surface area contributed by atoms with Crippen molar-refractivity contribution in [3.8, 4) is 16.3 Å². The molecule has 5 heteroatoms. The molecular formula is C17H22N2O2S. The topological polar surface area (TPSA) is 45.6 Å². The van der Waals surface area contributed by atoms with Crippen LogP contribution in [0.3, 0.4) is 0 Å². The Hall–Kier alpha value is -1.43. The first-order chi connectivity index (χ1) is 10.7. The summed E-state index contributed by atoms with van der Waals surface area (Å²) < 4.78 is 5.18. The van der Waals surface area contributed by atoms with Crippen molar-refractivity contribution in [2.75, 3.05) is 20.7 Å². The molecule has 3 rings (SSSR count). The maximum absolute atomic E-state index is 10.00. The smallest absolute Gasteiger partial charge is 0.123 e. The van der Waals surface area contributed by atoms with Gasteiger partial charge in [-0.05, 0) is 50.1 Å². The van der Waals surface area contributed by atoms with Crippen LogP contribution >= 0.6 is 11.3 Å². The van der Waals surface area contributed by atoms with E-state index in [2.05, 4.69) is 10.3 Å². The van der Waals surface area contributed by atoms with Crippen molar-refractivity contribution >= 4 is 11.3 Å². The molecule has 1 aliphatic carbocycles. The number of nitrogens with zero attached hydrogens (tertiary/aromatic N) is 2. The van der Waals surface area contributed by atoms with E-state index in [0.717, 1.165) is 35.1 Å². The third-order valence-electron chi connectivity index (χ3n) is 3.99. The van der Waals surface area contributed by atoms with Gasteiger partial charge in [-0.15, -0.1) is 11.3 Å². The highest BCUT2D eigenvalue weighted by Crippen LogP contribution is 2.33. The van der Waals surface area contributed by atoms with Gasteiger partial charge in [-0.2, -0.15) is 0 Å². The summed E-state index contributed by atoms with van der Waals surface area (Å²) in [5.74, 6) is 1.38. The van der Waals surface area contributed by atoms with Crippen LogP contribution in [-0.4, -0.2) is 41.8 Å². The Morgan fingerprint density at radius 2 is 2.09 bits per heavy atom. The van der Waals surface area contributed by atoms with Crippen molar-refractivity contribution in [2.45, 2.75) is 25.5 Å². The van der Waals surface area contributed by atoms with Gasteiger partial charge in [0.15, 0.2) is 0 Å². The highest BCUT2D eigenvalue weighted by molar-refractivity contribution is 7.13. The lowest BCUT2D eigenvalue weighted by atomic mass is 10.2. The number of ether oxygens (including phenoxy) is 1. The SMILES string of the molecule is COc1ccc(-c2nc(CN(C)CC(O)C3CC3)cs2)cc1. The van der Waals surface area contributed by atoms with Gasteiger partial charge in [-0.25, -0.2) is 4.98 Å². The Bertz CT molecular complexity index is 607. The van der Waals surface area contributed by atoms with E-state index in [0.29, 0.717) is 5.92 Å². The summed E-state index contributed by atoms with van der Waals surface area (Å²) in [5, 5.41) is 13.1. The summed E-state index contributed by atoms with van der Waals surface area (Å²) in [6.07, 6.45) is 2.16. The van der Waals surface area contributed by atoms with Crippen LogP contribution in [0.2, 0.25) is 0 Å². The van der Waals surface area contributed by atoms with Crippen molar-refractivity contribution in [1.82, 2.24) is 9.88 Å². The Balaban J connectivity index is 1.60. The van der Waals surface area contributed by atoms with Gasteiger partial charge >= 0.3 is 0 Å². The van der Waals surface area contributed by atoms with Gasteiger partial charge in [0.2, 0.25) is 0 Å². The second-order valence-corrected chi connectivity index (χ2v) is 6.83. The number of benzene rings is 1. The molecule has 1 saturated carbocycles. The largest absolute Gasteiger partial charge is 0.497 e. The van der Waals surface area contributed by atoms with Crippen LogP contribution in [0.1, 0.15) is 18.5 Å². The predicted molar refractivity (Wildman–Crippen MR) is 89.2 cm³/mol. The predicted octanol–water partition coefficient (Wildman–Crippen LogP) is 3.02. The first kappa shape index (κ1) is 15.5. The zero-order chi connectivity index (χ0) is 15.5. The minimum atomic E-state index is -0.190. The van der Waals surface area contributed by atoms with Gasteiger partial charge in [-0.3, -0.25) is 4.90 Å². The van der Waals surface area contributed by atoms with Gasteiger partial charge in [0.1, 0.15) is 10.8 Å². The molecule has 1 unspecified atom stereocenters. The molecule has 0 amide bonds. The normalized spacial score (nSPS) is 16.0. The molecule has 118 valence electrons. The number of aliphatic hydroxyl groups is 1. The zero-order valence-corrected chi connectivity index (χ0v) is 13.8. The van der Waals surface area contributed by atoms with Crippen molar-refractivity contribution in [3.05, 3.63) is 35.3 Å². The Kier molecular flexibility index (Phi) is 4.76. The molecule has 2 aromatic rings. The summed E-state index contributed by atoms with van der Waals surface area (Å²) in [5.41, 5.74) is 2.17. The van der Waals surface area contributed by atoms with Crippen molar-refractivity contribution in [3.63, 3.8) is 0 Å². The lowest BCUT2D eigenvalue weighted by molar-refractivity contribution is 0.104. The molecule has 0 aliphatic heterocycles. The lowest BCUT2D eigenvalue weighted by Crippen LogP contribution is -2.30. The minimum absolute atomic E-state index is 0.190. The summed E-state index contributed by atoms with van der Waals surface area (Å²) in [6, 6.07) is 7.97. The third-order valence-corrected chi connectivity index (χ3v) is 4.93. The third kappa shape index (κ3) is 3.85. The molecule has 0 spiro atoms. The van der Waals surface area contributed by atoms with E-state index >= 15 is 0 Å². The fourth-order valence-electron chi connectivity index (χ4n) is 2.54. The molecule has 1 aromatic carbocycles. The van der Waals surface area contributed by atoms with E-state index in [-0.39, 0.29) is 6.10 Å². The van der Waals surface area contributed by atoms with E-state index in [1.165, 1.54) is 12.8 Å². The number of aliphatic hydroxyl groups excluding tert-OH is 1. The van der Waals surface area contributed by atoms with Gasteiger partial charge in [-0.1, -0.05) is 0 Å². The van der Waals surface area contributed by atoms with Crippen LogP contribution in [0.4, 0.5) is 0 Å². The number of hydrogen-bond donors (Lipinski definition) is 1. The van der Waals surface area contributed by atoms with Gasteiger partial charge in [0, 0.05) is 24.0 Å². The maximum Gasteiger partial charge on any atom is 0.123 e. The van der Waals surface area contributed by atoms with E-state index in [4.69, 9.17) is 9.72 Å². The summed E-state index contributed by atoms with van der Waals surface area (Å²) >= 11 is 1.65. The molecule has 0 radical (unpaired) electrons. The summed E-state index contributed by atoms with van der Waals surface area (Å²) in [6.45, 7) is 1.50. The summed E-state index contributed by atoms with van der Waals surface area (Å²) in [7, 11) is 3.71. The maximum atomic E-state index is 10.00. The zero-order valence-electron chi connectivity index (χ0n) is 13.0. The Labute approximate surface area is 135 Å². The molecule has 1 atom stereocenters. The van der Waals surface area contributed by atoms with Gasteiger partial charge in [0.05, 0.1) is 18.9 Å². The fraction of sp³-hybridized carbons (Fsp3) is 0.471. The molecule has 0 bridgehead atoms. The molecule has 22 heavy (non-hydrogen) atoms. The second kappa shape index (κ2) is 6.77. The van der Waals surface area contributed by atoms with Crippen LogP contribution in [0.25, 0.3) is 10.6 Å². The number of aromatic nitrogens is 1. The Morgan fingerprint density at radius 3 is 2.73 bits per heavy atom. The monoisotopic (exact) mass is 318 g/mol. The van der Waals surface area contributed by atoms with E-state index in [1.54, 1.807) is 18.4 Å². The molecule has 1 aliphatic rings. The molecule has 0 saturated heterocycles. The van der Waals surface area contributed by atoms with Crippen LogP contribution in [0.5, 0.6) is 5.75 Å². The molecular weight excluding hydrogens is 296 g/mol. The molecule has 4 nitrogen and oxygen atoms in total. The van der Waals surface area contributed by atoms with Crippen molar-refractivity contribution in [2.24, 2.45) is 5.92 Å². The molecule has 1 aromatic heterocycles. The van der Waals surface area contributed by atoms with Crippen LogP contribution in [0.15, 0.2) is 29.6 Å². The minimum Gasteiger partial charge on any atom is -0.497 e. The number of methoxy groups -OCH3 is 1. The van der Waals surface area contributed by atoms with E-state index in [1.807, 2.05) is 31.3 Å². The standard InChI is InChI=1S/C17H22N2O2S/c1-19(10-16(20)12-3-4-12)9-14-11-22-17(18-14)13-5-7-15(21-2)8-6-13/h5-8,11-12,16,20H,3-4,9-10H2,1-2H3. The molecule has 1 N–H and O–H groups in total. The first-order valence-corrected chi connectivity index (χ1v) is 8.49. The highest BCUT2D eigenvalue weighted by atomic mass is 32.1. The average Bonchev–Trinajstić information content (AvgIpc) is 3.28. The molecule has 1 fully saturated rings. The number of thiazole rings is 1. The second-order valence-electron chi connectivity index (χ2n) is 5.97. The van der Waals surface area contributed by atoms with E-state index < -0.39 is 0 Å². The van der Waals surface area contributed by atoms with Gasteiger partial charge < -0.3 is 9.84 Å². The van der Waals surface area contributed by atoms with Crippen LogP contribution in [0, 0.1) is 5.92 Å². The van der Waals surface area contributed by atoms with Gasteiger partial charge in [0.25, 0.3) is 0 Å². The number of rotatable bonds is 7. The van der Waals surface area contributed by atoms with Crippen molar-refractivity contribution < 1.29 is 9.84 Å². The highest BCUT2D eigenvalue weighted by Gasteiger charge is 2.30. The Morgan fingerprint density at radius 1 is 1.36 bits per heavy atom. The average molecular weight is 318 g/mol.